The minimum Gasteiger partial charge on any atom is -0.256 e. The standard InChI is InChI=1S/C56H36N6/c1-2-12-37(13-3-1)38-20-22-39(23-21-38)44-34-45(53-49-16-5-4-14-47(49)48-15-6-7-19-52(48)59-53)36-46(35-44)56-61-54(42-28-24-40(25-29-42)50-17-8-10-32-57-50)60-55(62-56)43-30-26-41(27-31-43)51-18-9-11-33-58-51/h1-36H. The van der Waals surface area contributed by atoms with E-state index in [1.165, 1.54) is 5.56 Å². The van der Waals surface area contributed by atoms with Crippen LogP contribution in [0, 0.1) is 0 Å². The second-order valence-electron chi connectivity index (χ2n) is 15.2. The maximum absolute atomic E-state index is 5.33. The lowest BCUT2D eigenvalue weighted by molar-refractivity contribution is 1.07. The van der Waals surface area contributed by atoms with Crippen LogP contribution >= 0.6 is 0 Å². The first kappa shape index (κ1) is 36.6. The Morgan fingerprint density at radius 1 is 0.242 bits per heavy atom. The highest BCUT2D eigenvalue weighted by Gasteiger charge is 2.18. The molecule has 4 heterocycles. The summed E-state index contributed by atoms with van der Waals surface area (Å²) in [7, 11) is 0. The average Bonchev–Trinajstić information content (AvgIpc) is 3.37. The van der Waals surface area contributed by atoms with Crippen LogP contribution < -0.4 is 0 Å². The van der Waals surface area contributed by atoms with Crippen LogP contribution in [0.5, 0.6) is 0 Å². The van der Waals surface area contributed by atoms with Crippen LogP contribution in [0.3, 0.4) is 0 Å². The van der Waals surface area contributed by atoms with E-state index in [1.807, 2.05) is 60.9 Å². The number of para-hydroxylation sites is 1. The van der Waals surface area contributed by atoms with Crippen molar-refractivity contribution < 1.29 is 0 Å². The quantitative estimate of drug-likeness (QED) is 0.143. The highest BCUT2D eigenvalue weighted by molar-refractivity contribution is 6.11. The summed E-state index contributed by atoms with van der Waals surface area (Å²) in [4.78, 5) is 30.0. The van der Waals surface area contributed by atoms with Gasteiger partial charge in [0.05, 0.1) is 22.6 Å². The highest BCUT2D eigenvalue weighted by Crippen LogP contribution is 2.38. The average molecular weight is 793 g/mol. The van der Waals surface area contributed by atoms with Crippen molar-refractivity contribution in [2.24, 2.45) is 0 Å². The van der Waals surface area contributed by atoms with Gasteiger partial charge in [-0.2, -0.15) is 0 Å². The number of benzene rings is 7. The first-order chi connectivity index (χ1) is 30.7. The predicted molar refractivity (Wildman–Crippen MR) is 252 cm³/mol. The van der Waals surface area contributed by atoms with E-state index < -0.39 is 0 Å². The zero-order valence-electron chi connectivity index (χ0n) is 33.5. The molecule has 0 aliphatic heterocycles. The van der Waals surface area contributed by atoms with Crippen molar-refractivity contribution in [1.82, 2.24) is 29.9 Å². The summed E-state index contributed by atoms with van der Waals surface area (Å²) in [5.41, 5.74) is 13.7. The van der Waals surface area contributed by atoms with Gasteiger partial charge in [0.1, 0.15) is 0 Å². The second kappa shape index (κ2) is 15.9. The molecule has 0 spiro atoms. The van der Waals surface area contributed by atoms with Crippen molar-refractivity contribution >= 4 is 21.7 Å². The molecule has 11 rings (SSSR count). The number of nitrogens with zero attached hydrogens (tertiary/aromatic N) is 6. The molecule has 0 N–H and O–H groups in total. The van der Waals surface area contributed by atoms with Crippen molar-refractivity contribution in [3.05, 3.63) is 219 Å². The van der Waals surface area contributed by atoms with Gasteiger partial charge in [-0.15, -0.1) is 0 Å². The third-order valence-corrected chi connectivity index (χ3v) is 11.2. The molecule has 62 heavy (non-hydrogen) atoms. The molecule has 0 amide bonds. The van der Waals surface area contributed by atoms with Gasteiger partial charge in [-0.25, -0.2) is 19.9 Å². The fourth-order valence-electron chi connectivity index (χ4n) is 8.08. The zero-order chi connectivity index (χ0) is 41.2. The van der Waals surface area contributed by atoms with E-state index in [0.29, 0.717) is 17.5 Å². The number of fused-ring (bicyclic) bond motifs is 3. The maximum Gasteiger partial charge on any atom is 0.164 e. The topological polar surface area (TPSA) is 77.3 Å². The second-order valence-corrected chi connectivity index (χ2v) is 15.2. The van der Waals surface area contributed by atoms with Crippen molar-refractivity contribution in [3.8, 4) is 90.2 Å². The van der Waals surface area contributed by atoms with Gasteiger partial charge in [-0.05, 0) is 76.2 Å². The minimum absolute atomic E-state index is 0.557. The monoisotopic (exact) mass is 792 g/mol. The van der Waals surface area contributed by atoms with Gasteiger partial charge in [0.25, 0.3) is 0 Å². The molecular formula is C56H36N6. The third-order valence-electron chi connectivity index (χ3n) is 11.2. The van der Waals surface area contributed by atoms with Gasteiger partial charge in [0.2, 0.25) is 0 Å². The molecule has 0 unspecified atom stereocenters. The summed E-state index contributed by atoms with van der Waals surface area (Å²) < 4.78 is 0. The number of hydrogen-bond donors (Lipinski definition) is 0. The summed E-state index contributed by atoms with van der Waals surface area (Å²) in [5, 5.41) is 3.35. The van der Waals surface area contributed by atoms with Gasteiger partial charge >= 0.3 is 0 Å². The number of pyridine rings is 3. The van der Waals surface area contributed by atoms with Crippen LogP contribution in [-0.2, 0) is 0 Å². The molecule has 7 aromatic carbocycles. The molecule has 0 radical (unpaired) electrons. The minimum atomic E-state index is 0.557. The lowest BCUT2D eigenvalue weighted by Crippen LogP contribution is -2.01. The summed E-state index contributed by atoms with van der Waals surface area (Å²) in [6.07, 6.45) is 3.62. The SMILES string of the molecule is c1ccc(-c2ccc(-c3cc(-c4nc(-c5ccc(-c6ccccn6)cc5)nc(-c5ccc(-c6ccccn6)cc5)n4)cc(-c4nc5ccccc5c5ccccc45)c3)cc2)cc1. The summed E-state index contributed by atoms with van der Waals surface area (Å²) in [6.45, 7) is 0. The molecule has 0 saturated carbocycles. The van der Waals surface area contributed by atoms with E-state index in [1.54, 1.807) is 0 Å². The van der Waals surface area contributed by atoms with Crippen LogP contribution in [0.15, 0.2) is 219 Å². The number of aromatic nitrogens is 6. The van der Waals surface area contributed by atoms with E-state index >= 15 is 0 Å². The molecule has 4 aromatic heterocycles. The van der Waals surface area contributed by atoms with Gasteiger partial charge in [0, 0.05) is 56.5 Å². The fraction of sp³-hybridized carbons (Fsp3) is 0. The number of hydrogen-bond acceptors (Lipinski definition) is 6. The first-order valence-electron chi connectivity index (χ1n) is 20.6. The lowest BCUT2D eigenvalue weighted by atomic mass is 9.94. The van der Waals surface area contributed by atoms with Crippen molar-refractivity contribution in [3.63, 3.8) is 0 Å². The molecule has 6 nitrogen and oxygen atoms in total. The molecule has 6 heteroatoms. The molecule has 0 atom stereocenters. The van der Waals surface area contributed by atoms with Crippen molar-refractivity contribution in [2.75, 3.05) is 0 Å². The van der Waals surface area contributed by atoms with Crippen LogP contribution in [0.1, 0.15) is 0 Å². The molecule has 0 aliphatic carbocycles. The fourth-order valence-corrected chi connectivity index (χ4v) is 8.08. The van der Waals surface area contributed by atoms with Crippen LogP contribution in [0.25, 0.3) is 112 Å². The normalized spacial score (nSPS) is 11.2. The largest absolute Gasteiger partial charge is 0.256 e. The molecule has 0 saturated heterocycles. The van der Waals surface area contributed by atoms with Gasteiger partial charge in [0.15, 0.2) is 17.5 Å². The molecule has 0 aliphatic rings. The predicted octanol–water partition coefficient (Wildman–Crippen LogP) is 13.7. The van der Waals surface area contributed by atoms with E-state index in [0.717, 1.165) is 88.8 Å². The Balaban J connectivity index is 1.10. The lowest BCUT2D eigenvalue weighted by Gasteiger charge is -2.15. The van der Waals surface area contributed by atoms with Gasteiger partial charge in [-0.1, -0.05) is 158 Å². The van der Waals surface area contributed by atoms with Crippen molar-refractivity contribution in [1.29, 1.82) is 0 Å². The molecule has 290 valence electrons. The molecular weight excluding hydrogens is 757 g/mol. The van der Waals surface area contributed by atoms with Crippen LogP contribution in [0.4, 0.5) is 0 Å². The molecule has 0 fully saturated rings. The molecule has 11 aromatic rings. The highest BCUT2D eigenvalue weighted by atomic mass is 15.0. The van der Waals surface area contributed by atoms with E-state index in [2.05, 4.69) is 168 Å². The van der Waals surface area contributed by atoms with E-state index in [9.17, 15) is 0 Å². The first-order valence-corrected chi connectivity index (χ1v) is 20.6. The Morgan fingerprint density at radius 3 is 1.24 bits per heavy atom. The summed E-state index contributed by atoms with van der Waals surface area (Å²) in [6, 6.07) is 71.0. The van der Waals surface area contributed by atoms with E-state index in [4.69, 9.17) is 19.9 Å². The Hall–Kier alpha value is -8.48. The van der Waals surface area contributed by atoms with E-state index in [-0.39, 0.29) is 0 Å². The smallest absolute Gasteiger partial charge is 0.164 e. The zero-order valence-corrected chi connectivity index (χ0v) is 33.5. The van der Waals surface area contributed by atoms with Crippen molar-refractivity contribution in [2.45, 2.75) is 0 Å². The Kier molecular flexibility index (Phi) is 9.41. The summed E-state index contributed by atoms with van der Waals surface area (Å²) in [5.74, 6) is 1.70. The molecule has 0 bridgehead atoms. The maximum atomic E-state index is 5.33. The number of rotatable bonds is 8. The van der Waals surface area contributed by atoms with Gasteiger partial charge < -0.3 is 0 Å². The summed E-state index contributed by atoms with van der Waals surface area (Å²) >= 11 is 0. The third kappa shape index (κ3) is 7.16. The Morgan fingerprint density at radius 2 is 0.661 bits per heavy atom. The van der Waals surface area contributed by atoms with Gasteiger partial charge in [-0.3, -0.25) is 9.97 Å². The van der Waals surface area contributed by atoms with Crippen LogP contribution in [-0.4, -0.2) is 29.9 Å². The Bertz CT molecular complexity index is 3250. The van der Waals surface area contributed by atoms with Crippen LogP contribution in [0.2, 0.25) is 0 Å². The Labute approximate surface area is 359 Å².